The second-order valence-electron chi connectivity index (χ2n) is 3.28. The Morgan fingerprint density at radius 2 is 2.46 bits per heavy atom. The third-order valence-electron chi connectivity index (χ3n) is 2.09. The average molecular weight is 177 g/mol. The Balaban J connectivity index is 2.55. The van der Waals surface area contributed by atoms with Crippen LogP contribution in [0.3, 0.4) is 0 Å². The van der Waals surface area contributed by atoms with Crippen LogP contribution >= 0.6 is 0 Å². The van der Waals surface area contributed by atoms with Crippen LogP contribution in [0.4, 0.5) is 0 Å². The SMILES string of the molecule is C#CC(C)N(C)Cc1cnn(C)c1. The van der Waals surface area contributed by atoms with Crippen molar-refractivity contribution in [2.24, 2.45) is 7.05 Å². The van der Waals surface area contributed by atoms with Gasteiger partial charge in [-0.05, 0) is 14.0 Å². The van der Waals surface area contributed by atoms with Crippen LogP contribution < -0.4 is 0 Å². The van der Waals surface area contributed by atoms with Crippen molar-refractivity contribution < 1.29 is 0 Å². The average Bonchev–Trinajstić information content (AvgIpc) is 2.49. The zero-order chi connectivity index (χ0) is 9.84. The molecule has 0 N–H and O–H groups in total. The lowest BCUT2D eigenvalue weighted by molar-refractivity contribution is 0.296. The molecule has 0 amide bonds. The normalized spacial score (nSPS) is 12.8. The van der Waals surface area contributed by atoms with Gasteiger partial charge in [0.2, 0.25) is 0 Å². The molecule has 1 unspecified atom stereocenters. The third-order valence-corrected chi connectivity index (χ3v) is 2.09. The summed E-state index contributed by atoms with van der Waals surface area (Å²) in [6.07, 6.45) is 9.18. The highest BCUT2D eigenvalue weighted by Crippen LogP contribution is 2.03. The van der Waals surface area contributed by atoms with Crippen LogP contribution in [0.1, 0.15) is 12.5 Å². The number of terminal acetylenes is 1. The van der Waals surface area contributed by atoms with Crippen LogP contribution in [0.15, 0.2) is 12.4 Å². The highest BCUT2D eigenvalue weighted by molar-refractivity contribution is 5.05. The molecule has 0 fully saturated rings. The first-order valence-corrected chi connectivity index (χ1v) is 4.27. The molecule has 0 spiro atoms. The summed E-state index contributed by atoms with van der Waals surface area (Å²) in [6, 6.07) is 0.167. The smallest absolute Gasteiger partial charge is 0.0683 e. The lowest BCUT2D eigenvalue weighted by Crippen LogP contribution is -2.26. The second kappa shape index (κ2) is 4.11. The molecule has 0 aliphatic heterocycles. The van der Waals surface area contributed by atoms with E-state index in [1.54, 1.807) is 4.68 Å². The van der Waals surface area contributed by atoms with Gasteiger partial charge in [0.1, 0.15) is 0 Å². The zero-order valence-electron chi connectivity index (χ0n) is 8.36. The van der Waals surface area contributed by atoms with E-state index in [9.17, 15) is 0 Å². The molecule has 3 heteroatoms. The van der Waals surface area contributed by atoms with Crippen LogP contribution in [0.2, 0.25) is 0 Å². The monoisotopic (exact) mass is 177 g/mol. The molecule has 70 valence electrons. The molecule has 1 rings (SSSR count). The fraction of sp³-hybridized carbons (Fsp3) is 0.500. The van der Waals surface area contributed by atoms with Gasteiger partial charge in [-0.3, -0.25) is 9.58 Å². The minimum atomic E-state index is 0.167. The van der Waals surface area contributed by atoms with Gasteiger partial charge in [-0.25, -0.2) is 0 Å². The molecule has 0 aliphatic rings. The Morgan fingerprint density at radius 1 is 1.77 bits per heavy atom. The van der Waals surface area contributed by atoms with Crippen LogP contribution in [-0.2, 0) is 13.6 Å². The van der Waals surface area contributed by atoms with Gasteiger partial charge in [0.15, 0.2) is 0 Å². The molecule has 0 aromatic carbocycles. The number of aryl methyl sites for hydroxylation is 1. The van der Waals surface area contributed by atoms with E-state index in [1.807, 2.05) is 33.4 Å². The van der Waals surface area contributed by atoms with Gasteiger partial charge in [-0.15, -0.1) is 6.42 Å². The topological polar surface area (TPSA) is 21.1 Å². The first-order valence-electron chi connectivity index (χ1n) is 4.27. The Bertz CT molecular complexity index is 308. The molecule has 0 saturated carbocycles. The Morgan fingerprint density at radius 3 is 2.92 bits per heavy atom. The Hall–Kier alpha value is -1.27. The fourth-order valence-corrected chi connectivity index (χ4v) is 1.11. The van der Waals surface area contributed by atoms with E-state index in [0.717, 1.165) is 6.54 Å². The van der Waals surface area contributed by atoms with Gasteiger partial charge in [0.05, 0.1) is 12.2 Å². The van der Waals surface area contributed by atoms with Crippen molar-refractivity contribution in [3.05, 3.63) is 18.0 Å². The van der Waals surface area contributed by atoms with E-state index < -0.39 is 0 Å². The summed E-state index contributed by atoms with van der Waals surface area (Å²) < 4.78 is 1.80. The van der Waals surface area contributed by atoms with Gasteiger partial charge in [-0.1, -0.05) is 5.92 Å². The quantitative estimate of drug-likeness (QED) is 0.639. The minimum absolute atomic E-state index is 0.167. The molecular weight excluding hydrogens is 162 g/mol. The first kappa shape index (κ1) is 9.82. The summed E-state index contributed by atoms with van der Waals surface area (Å²) >= 11 is 0. The largest absolute Gasteiger partial charge is 0.289 e. The van der Waals surface area contributed by atoms with Gasteiger partial charge in [0, 0.05) is 25.4 Å². The van der Waals surface area contributed by atoms with Crippen molar-refractivity contribution in [1.29, 1.82) is 0 Å². The van der Waals surface area contributed by atoms with E-state index in [0.29, 0.717) is 0 Å². The van der Waals surface area contributed by atoms with E-state index >= 15 is 0 Å². The van der Waals surface area contributed by atoms with Gasteiger partial charge >= 0.3 is 0 Å². The predicted octanol–water partition coefficient (Wildman–Crippen LogP) is 0.874. The van der Waals surface area contributed by atoms with Crippen molar-refractivity contribution >= 4 is 0 Å². The van der Waals surface area contributed by atoms with Crippen molar-refractivity contribution in [3.8, 4) is 12.3 Å². The maximum Gasteiger partial charge on any atom is 0.0683 e. The number of hydrogen-bond donors (Lipinski definition) is 0. The molecule has 1 heterocycles. The van der Waals surface area contributed by atoms with Crippen molar-refractivity contribution in [2.45, 2.75) is 19.5 Å². The van der Waals surface area contributed by atoms with Crippen LogP contribution in [-0.4, -0.2) is 27.8 Å². The molecule has 0 radical (unpaired) electrons. The molecule has 0 saturated heterocycles. The molecule has 13 heavy (non-hydrogen) atoms. The minimum Gasteiger partial charge on any atom is -0.289 e. The molecule has 1 aromatic heterocycles. The van der Waals surface area contributed by atoms with Crippen molar-refractivity contribution in [2.75, 3.05) is 7.05 Å². The zero-order valence-corrected chi connectivity index (χ0v) is 8.36. The van der Waals surface area contributed by atoms with Crippen molar-refractivity contribution in [1.82, 2.24) is 14.7 Å². The van der Waals surface area contributed by atoms with Gasteiger partial charge < -0.3 is 0 Å². The predicted molar refractivity (Wildman–Crippen MR) is 53.0 cm³/mol. The van der Waals surface area contributed by atoms with Crippen LogP contribution in [0, 0.1) is 12.3 Å². The summed E-state index contributed by atoms with van der Waals surface area (Å²) in [5.41, 5.74) is 1.19. The summed E-state index contributed by atoms with van der Waals surface area (Å²) in [5, 5.41) is 4.09. The van der Waals surface area contributed by atoms with Gasteiger partial charge in [-0.2, -0.15) is 5.10 Å². The van der Waals surface area contributed by atoms with E-state index in [1.165, 1.54) is 5.56 Å². The lowest BCUT2D eigenvalue weighted by atomic mass is 10.2. The Kier molecular flexibility index (Phi) is 3.10. The summed E-state index contributed by atoms with van der Waals surface area (Å²) in [6.45, 7) is 2.86. The maximum absolute atomic E-state index is 5.32. The fourth-order valence-electron chi connectivity index (χ4n) is 1.11. The number of nitrogens with zero attached hydrogens (tertiary/aromatic N) is 3. The number of hydrogen-bond acceptors (Lipinski definition) is 2. The van der Waals surface area contributed by atoms with E-state index in [4.69, 9.17) is 6.42 Å². The summed E-state index contributed by atoms with van der Waals surface area (Å²) in [5.74, 6) is 2.69. The standard InChI is InChI=1S/C10H15N3/c1-5-9(2)12(3)7-10-6-11-13(4)8-10/h1,6,8-9H,7H2,2-4H3. The first-order chi connectivity index (χ1) is 6.13. The van der Waals surface area contributed by atoms with Crippen molar-refractivity contribution in [3.63, 3.8) is 0 Å². The molecule has 1 aromatic rings. The highest BCUT2D eigenvalue weighted by Gasteiger charge is 2.06. The summed E-state index contributed by atoms with van der Waals surface area (Å²) in [4.78, 5) is 2.11. The molecule has 0 aliphatic carbocycles. The molecular formula is C10H15N3. The van der Waals surface area contributed by atoms with Crippen LogP contribution in [0.25, 0.3) is 0 Å². The van der Waals surface area contributed by atoms with Crippen LogP contribution in [0.5, 0.6) is 0 Å². The molecule has 1 atom stereocenters. The summed E-state index contributed by atoms with van der Waals surface area (Å²) in [7, 11) is 3.92. The van der Waals surface area contributed by atoms with E-state index in [2.05, 4.69) is 15.9 Å². The Labute approximate surface area is 79.4 Å². The van der Waals surface area contributed by atoms with E-state index in [-0.39, 0.29) is 6.04 Å². The number of rotatable bonds is 3. The van der Waals surface area contributed by atoms with Gasteiger partial charge in [0.25, 0.3) is 0 Å². The molecule has 3 nitrogen and oxygen atoms in total. The lowest BCUT2D eigenvalue weighted by Gasteiger charge is -2.18. The third kappa shape index (κ3) is 2.60. The maximum atomic E-state index is 5.32. The number of aromatic nitrogens is 2. The highest BCUT2D eigenvalue weighted by atomic mass is 15.2. The second-order valence-corrected chi connectivity index (χ2v) is 3.28. The molecule has 0 bridgehead atoms.